The Kier molecular flexibility index (Phi) is 4.12. The van der Waals surface area contributed by atoms with Crippen molar-refractivity contribution >= 4 is 17.3 Å². The van der Waals surface area contributed by atoms with Gasteiger partial charge in [0.05, 0.1) is 11.5 Å². The van der Waals surface area contributed by atoms with Crippen LogP contribution in [0.3, 0.4) is 0 Å². The van der Waals surface area contributed by atoms with Gasteiger partial charge in [-0.25, -0.2) is 4.98 Å². The minimum Gasteiger partial charge on any atom is -0.383 e. The summed E-state index contributed by atoms with van der Waals surface area (Å²) < 4.78 is 1.51. The van der Waals surface area contributed by atoms with Crippen LogP contribution in [0.2, 0.25) is 0 Å². The highest BCUT2D eigenvalue weighted by Gasteiger charge is 2.23. The molecule has 2 aromatic rings. The highest BCUT2D eigenvalue weighted by atomic mass is 16.6. The van der Waals surface area contributed by atoms with Crippen molar-refractivity contribution in [3.05, 3.63) is 46.0 Å². The van der Waals surface area contributed by atoms with E-state index in [2.05, 4.69) is 20.7 Å². The predicted molar refractivity (Wildman–Crippen MR) is 74.8 cm³/mol. The van der Waals surface area contributed by atoms with Gasteiger partial charge < -0.3 is 10.6 Å². The Labute approximate surface area is 120 Å². The maximum absolute atomic E-state index is 12.1. The van der Waals surface area contributed by atoms with Gasteiger partial charge in [-0.3, -0.25) is 19.6 Å². The monoisotopic (exact) mass is 290 g/mol. The number of hydrogen-bond donors (Lipinski definition) is 2. The summed E-state index contributed by atoms with van der Waals surface area (Å²) in [6, 6.07) is 4.52. The number of aryl methyl sites for hydroxylation is 1. The van der Waals surface area contributed by atoms with Gasteiger partial charge >= 0.3 is 5.69 Å². The van der Waals surface area contributed by atoms with E-state index in [9.17, 15) is 14.9 Å². The predicted octanol–water partition coefficient (Wildman–Crippen LogP) is 0.695. The summed E-state index contributed by atoms with van der Waals surface area (Å²) in [7, 11) is 3.27. The minimum absolute atomic E-state index is 0.0113. The fourth-order valence-electron chi connectivity index (χ4n) is 1.84. The van der Waals surface area contributed by atoms with Crippen molar-refractivity contribution in [1.82, 2.24) is 20.1 Å². The quantitative estimate of drug-likeness (QED) is 0.618. The first-order chi connectivity index (χ1) is 10.0. The third kappa shape index (κ3) is 3.14. The summed E-state index contributed by atoms with van der Waals surface area (Å²) in [5, 5.41) is 20.4. The van der Waals surface area contributed by atoms with Gasteiger partial charge in [0.15, 0.2) is 5.82 Å². The molecule has 0 aliphatic carbocycles. The van der Waals surface area contributed by atoms with Crippen molar-refractivity contribution in [3.63, 3.8) is 0 Å². The van der Waals surface area contributed by atoms with Gasteiger partial charge in [0.1, 0.15) is 17.6 Å². The van der Waals surface area contributed by atoms with Crippen molar-refractivity contribution in [2.45, 2.75) is 6.54 Å². The molecule has 1 aromatic heterocycles. The van der Waals surface area contributed by atoms with E-state index in [0.717, 1.165) is 0 Å². The van der Waals surface area contributed by atoms with E-state index in [0.29, 0.717) is 5.82 Å². The molecule has 0 aliphatic heterocycles. The molecule has 21 heavy (non-hydrogen) atoms. The Morgan fingerprint density at radius 1 is 1.48 bits per heavy atom. The summed E-state index contributed by atoms with van der Waals surface area (Å²) in [6.07, 6.45) is 1.51. The highest BCUT2D eigenvalue weighted by molar-refractivity contribution is 6.00. The third-order valence-electron chi connectivity index (χ3n) is 2.79. The Bertz CT molecular complexity index is 681. The largest absolute Gasteiger partial charge is 0.383 e. The van der Waals surface area contributed by atoms with Crippen LogP contribution < -0.4 is 10.6 Å². The zero-order valence-corrected chi connectivity index (χ0v) is 11.5. The van der Waals surface area contributed by atoms with E-state index in [4.69, 9.17) is 0 Å². The molecule has 2 rings (SSSR count). The normalized spacial score (nSPS) is 10.2. The molecule has 0 unspecified atom stereocenters. The van der Waals surface area contributed by atoms with Crippen LogP contribution >= 0.6 is 0 Å². The zero-order chi connectivity index (χ0) is 15.4. The number of aromatic nitrogens is 3. The maximum Gasteiger partial charge on any atom is 0.305 e. The Hall–Kier alpha value is -2.97. The van der Waals surface area contributed by atoms with Crippen molar-refractivity contribution in [3.8, 4) is 0 Å². The van der Waals surface area contributed by atoms with Crippen LogP contribution in [0.5, 0.6) is 0 Å². The van der Waals surface area contributed by atoms with Crippen LogP contribution in [-0.4, -0.2) is 32.6 Å². The molecule has 1 aromatic carbocycles. The number of rotatable bonds is 5. The summed E-state index contributed by atoms with van der Waals surface area (Å²) in [5.74, 6) is -0.121. The number of benzene rings is 1. The summed E-state index contributed by atoms with van der Waals surface area (Å²) >= 11 is 0. The second kappa shape index (κ2) is 5.99. The molecule has 2 N–H and O–H groups in total. The molecule has 9 nitrogen and oxygen atoms in total. The molecule has 1 heterocycles. The molecule has 0 saturated heterocycles. The Morgan fingerprint density at radius 2 is 2.24 bits per heavy atom. The molecular weight excluding hydrogens is 276 g/mol. The number of anilines is 1. The number of amides is 1. The smallest absolute Gasteiger partial charge is 0.305 e. The molecular formula is C12H14N6O3. The number of nitro groups is 1. The molecule has 0 spiro atoms. The molecule has 9 heteroatoms. The lowest BCUT2D eigenvalue weighted by molar-refractivity contribution is -0.384. The average Bonchev–Trinajstić information content (AvgIpc) is 2.89. The minimum atomic E-state index is -0.584. The van der Waals surface area contributed by atoms with E-state index in [1.807, 2.05) is 0 Å². The van der Waals surface area contributed by atoms with Gasteiger partial charge in [0, 0.05) is 14.1 Å². The van der Waals surface area contributed by atoms with Crippen LogP contribution in [0.15, 0.2) is 24.5 Å². The number of nitrogens with one attached hydrogen (secondary N) is 2. The Balaban J connectivity index is 2.20. The summed E-state index contributed by atoms with van der Waals surface area (Å²) in [4.78, 5) is 26.6. The number of carbonyl (C=O) groups is 1. The van der Waals surface area contributed by atoms with Crippen LogP contribution in [0.4, 0.5) is 11.4 Å². The molecule has 0 saturated carbocycles. The van der Waals surface area contributed by atoms with Crippen molar-refractivity contribution < 1.29 is 9.72 Å². The summed E-state index contributed by atoms with van der Waals surface area (Å²) in [6.45, 7) is 0.0978. The lowest BCUT2D eigenvalue weighted by Crippen LogP contribution is -2.24. The van der Waals surface area contributed by atoms with Gasteiger partial charge in [0.25, 0.3) is 5.91 Å². The second-order valence-electron chi connectivity index (χ2n) is 4.23. The number of nitrogens with zero attached hydrogens (tertiary/aromatic N) is 4. The maximum atomic E-state index is 12.1. The van der Waals surface area contributed by atoms with E-state index in [-0.39, 0.29) is 23.5 Å². The first-order valence-electron chi connectivity index (χ1n) is 6.10. The zero-order valence-electron chi connectivity index (χ0n) is 11.5. The number of carbonyl (C=O) groups excluding carboxylic acids is 1. The molecule has 0 fully saturated rings. The first kappa shape index (κ1) is 14.4. The van der Waals surface area contributed by atoms with Crippen LogP contribution in [0.1, 0.15) is 16.2 Å². The standard InChI is InChI=1S/C12H14N6O3/c1-13-9-5-3-4-8(11(9)18(20)21)12(19)14-6-10-15-7-17(2)16-10/h3-5,7,13H,6H2,1-2H3,(H,14,19). The van der Waals surface area contributed by atoms with E-state index in [1.165, 1.54) is 23.1 Å². The molecule has 0 aliphatic rings. The van der Waals surface area contributed by atoms with Gasteiger partial charge in [-0.2, -0.15) is 5.10 Å². The summed E-state index contributed by atoms with van der Waals surface area (Å²) in [5.41, 5.74) is 0.0119. The third-order valence-corrected chi connectivity index (χ3v) is 2.79. The highest BCUT2D eigenvalue weighted by Crippen LogP contribution is 2.28. The van der Waals surface area contributed by atoms with E-state index in [1.54, 1.807) is 20.2 Å². The second-order valence-corrected chi connectivity index (χ2v) is 4.23. The van der Waals surface area contributed by atoms with Gasteiger partial charge in [0.2, 0.25) is 0 Å². The number of hydrogen-bond acceptors (Lipinski definition) is 6. The lowest BCUT2D eigenvalue weighted by atomic mass is 10.1. The fraction of sp³-hybridized carbons (Fsp3) is 0.250. The Morgan fingerprint density at radius 3 is 2.81 bits per heavy atom. The van der Waals surface area contributed by atoms with Crippen LogP contribution in [0, 0.1) is 10.1 Å². The topological polar surface area (TPSA) is 115 Å². The number of nitro benzene ring substituents is 1. The van der Waals surface area contributed by atoms with Crippen LogP contribution in [-0.2, 0) is 13.6 Å². The van der Waals surface area contributed by atoms with Crippen molar-refractivity contribution in [2.24, 2.45) is 7.05 Å². The molecule has 110 valence electrons. The van der Waals surface area contributed by atoms with Crippen LogP contribution in [0.25, 0.3) is 0 Å². The van der Waals surface area contributed by atoms with E-state index < -0.39 is 10.8 Å². The van der Waals surface area contributed by atoms with Gasteiger partial charge in [-0.15, -0.1) is 0 Å². The average molecular weight is 290 g/mol. The lowest BCUT2D eigenvalue weighted by Gasteiger charge is -2.07. The molecule has 0 bridgehead atoms. The molecule has 0 atom stereocenters. The molecule has 0 radical (unpaired) electrons. The van der Waals surface area contributed by atoms with E-state index >= 15 is 0 Å². The van der Waals surface area contributed by atoms with Crippen molar-refractivity contribution in [1.29, 1.82) is 0 Å². The fourth-order valence-corrected chi connectivity index (χ4v) is 1.84. The SMILES string of the molecule is CNc1cccc(C(=O)NCc2ncn(C)n2)c1[N+](=O)[O-]. The van der Waals surface area contributed by atoms with Gasteiger partial charge in [-0.1, -0.05) is 6.07 Å². The first-order valence-corrected chi connectivity index (χ1v) is 6.10. The number of para-hydroxylation sites is 1. The van der Waals surface area contributed by atoms with Gasteiger partial charge in [-0.05, 0) is 12.1 Å². The van der Waals surface area contributed by atoms with Crippen molar-refractivity contribution in [2.75, 3.05) is 12.4 Å². The molecule has 1 amide bonds.